The first-order chi connectivity index (χ1) is 11.9. The fourth-order valence-electron chi connectivity index (χ4n) is 2.23. The maximum Gasteiger partial charge on any atom is 0.0824 e. The van der Waals surface area contributed by atoms with Crippen LogP contribution in [0.1, 0.15) is 62.8 Å². The molecule has 0 bridgehead atoms. The van der Waals surface area contributed by atoms with Crippen LogP contribution in [0, 0.1) is 0 Å². The summed E-state index contributed by atoms with van der Waals surface area (Å²) in [4.78, 5) is 0. The van der Waals surface area contributed by atoms with E-state index >= 15 is 0 Å². The number of aromatic amines is 2. The van der Waals surface area contributed by atoms with Crippen molar-refractivity contribution in [3.8, 4) is 0 Å². The summed E-state index contributed by atoms with van der Waals surface area (Å²) in [5, 5.41) is 20.7. The molecule has 6 heteroatoms. The van der Waals surface area contributed by atoms with E-state index in [4.69, 9.17) is 0 Å². The summed E-state index contributed by atoms with van der Waals surface area (Å²) in [6.07, 6.45) is 19.2. The lowest BCUT2D eigenvalue weighted by Gasteiger charge is -1.95. The fraction of sp³-hybridized carbons (Fsp3) is 0.556. The summed E-state index contributed by atoms with van der Waals surface area (Å²) in [6.45, 7) is 7.36. The molecule has 24 heavy (non-hydrogen) atoms. The van der Waals surface area contributed by atoms with Gasteiger partial charge >= 0.3 is 0 Å². The number of aryl methyl sites for hydroxylation is 2. The van der Waals surface area contributed by atoms with Gasteiger partial charge in [0.25, 0.3) is 0 Å². The summed E-state index contributed by atoms with van der Waals surface area (Å²) < 4.78 is 0. The molecule has 0 saturated carbocycles. The summed E-state index contributed by atoms with van der Waals surface area (Å²) >= 11 is 0. The van der Waals surface area contributed by atoms with Gasteiger partial charge in [0, 0.05) is 0 Å². The van der Waals surface area contributed by atoms with Crippen LogP contribution in [0.25, 0.3) is 0 Å². The fourth-order valence-corrected chi connectivity index (χ4v) is 2.23. The number of nitrogens with zero attached hydrogens (tertiary/aromatic N) is 4. The van der Waals surface area contributed by atoms with Crippen molar-refractivity contribution in [1.82, 2.24) is 30.8 Å². The second-order valence-corrected chi connectivity index (χ2v) is 5.70. The molecule has 2 rings (SSSR count). The molecule has 0 amide bonds. The molecule has 0 saturated heterocycles. The predicted molar refractivity (Wildman–Crippen MR) is 97.5 cm³/mol. The molecule has 0 atom stereocenters. The molecule has 0 aliphatic heterocycles. The summed E-state index contributed by atoms with van der Waals surface area (Å²) in [7, 11) is 0. The number of nitrogens with one attached hydrogen (secondary N) is 2. The molecule has 0 unspecified atom stereocenters. The van der Waals surface area contributed by atoms with Crippen LogP contribution in [0.15, 0.2) is 37.7 Å². The van der Waals surface area contributed by atoms with Gasteiger partial charge in [-0.3, -0.25) is 0 Å². The first-order valence-electron chi connectivity index (χ1n) is 8.78. The number of allylic oxidation sites excluding steroid dienone is 2. The lowest BCUT2D eigenvalue weighted by molar-refractivity contribution is 0.678. The van der Waals surface area contributed by atoms with Crippen molar-refractivity contribution in [3.63, 3.8) is 0 Å². The number of aromatic nitrogens is 6. The Morgan fingerprint density at radius 3 is 1.50 bits per heavy atom. The highest BCUT2D eigenvalue weighted by Gasteiger charge is 1.95. The molecule has 2 N–H and O–H groups in total. The molecule has 0 fully saturated rings. The first kappa shape index (κ1) is 19.8. The van der Waals surface area contributed by atoms with Crippen molar-refractivity contribution >= 4 is 0 Å². The lowest BCUT2D eigenvalue weighted by Crippen LogP contribution is -1.85. The predicted octanol–water partition coefficient (Wildman–Crippen LogP) is 4.19. The minimum atomic E-state index is 1.04. The van der Waals surface area contributed by atoms with Crippen LogP contribution in [0.3, 0.4) is 0 Å². The van der Waals surface area contributed by atoms with E-state index in [1.165, 1.54) is 38.5 Å². The van der Waals surface area contributed by atoms with Gasteiger partial charge in [0.15, 0.2) is 0 Å². The van der Waals surface area contributed by atoms with Gasteiger partial charge in [-0.15, -0.1) is 13.2 Å². The van der Waals surface area contributed by atoms with Crippen LogP contribution in [-0.4, -0.2) is 30.8 Å². The van der Waals surface area contributed by atoms with Crippen LogP contribution in [-0.2, 0) is 12.8 Å². The van der Waals surface area contributed by atoms with E-state index in [1.54, 1.807) is 12.4 Å². The third kappa shape index (κ3) is 10.5. The Kier molecular flexibility index (Phi) is 11.8. The van der Waals surface area contributed by atoms with Crippen LogP contribution >= 0.6 is 0 Å². The SMILES string of the molecule is C=CCCCCCc1cn[nH]n1.C=CCCCCCc1cn[nH]n1. The van der Waals surface area contributed by atoms with Crippen molar-refractivity contribution in [1.29, 1.82) is 0 Å². The average Bonchev–Trinajstić information content (AvgIpc) is 3.29. The Morgan fingerprint density at radius 1 is 0.708 bits per heavy atom. The quantitative estimate of drug-likeness (QED) is 0.451. The molecule has 0 spiro atoms. The van der Waals surface area contributed by atoms with Crippen molar-refractivity contribution in [2.24, 2.45) is 0 Å². The zero-order valence-electron chi connectivity index (χ0n) is 14.6. The number of unbranched alkanes of at least 4 members (excludes halogenated alkanes) is 6. The zero-order chi connectivity index (χ0) is 17.3. The monoisotopic (exact) mass is 330 g/mol. The summed E-state index contributed by atoms with van der Waals surface area (Å²) in [6, 6.07) is 0. The average molecular weight is 330 g/mol. The molecular formula is C18H30N6. The van der Waals surface area contributed by atoms with E-state index in [9.17, 15) is 0 Å². The van der Waals surface area contributed by atoms with Crippen LogP contribution < -0.4 is 0 Å². The van der Waals surface area contributed by atoms with E-state index in [1.807, 2.05) is 12.2 Å². The van der Waals surface area contributed by atoms with Crippen molar-refractivity contribution in [2.75, 3.05) is 0 Å². The van der Waals surface area contributed by atoms with Crippen molar-refractivity contribution in [2.45, 2.75) is 64.2 Å². The van der Waals surface area contributed by atoms with Crippen LogP contribution in [0.2, 0.25) is 0 Å². The standard InChI is InChI=1S/2C9H15N3/c2*1-2-3-4-5-6-7-9-8-10-12-11-9/h2*2,8H,1,3-7H2,(H,10,11,12). The van der Waals surface area contributed by atoms with Gasteiger partial charge in [-0.1, -0.05) is 25.0 Å². The molecule has 6 nitrogen and oxygen atoms in total. The normalized spacial score (nSPS) is 10.0. The lowest BCUT2D eigenvalue weighted by atomic mass is 10.1. The smallest absolute Gasteiger partial charge is 0.0824 e. The summed E-state index contributed by atoms with van der Waals surface area (Å²) in [5.41, 5.74) is 2.13. The van der Waals surface area contributed by atoms with Crippen molar-refractivity contribution < 1.29 is 0 Å². The number of hydrogen-bond acceptors (Lipinski definition) is 4. The molecule has 0 aliphatic rings. The maximum atomic E-state index is 3.98. The molecule has 2 aromatic heterocycles. The van der Waals surface area contributed by atoms with Gasteiger partial charge < -0.3 is 0 Å². The zero-order valence-corrected chi connectivity index (χ0v) is 14.6. The number of hydrogen-bond donors (Lipinski definition) is 2. The number of H-pyrrole nitrogens is 2. The van der Waals surface area contributed by atoms with E-state index in [0.717, 1.165) is 37.1 Å². The molecule has 0 radical (unpaired) electrons. The van der Waals surface area contributed by atoms with Gasteiger partial charge in [-0.25, -0.2) is 0 Å². The summed E-state index contributed by atoms with van der Waals surface area (Å²) in [5.74, 6) is 0. The van der Waals surface area contributed by atoms with Gasteiger partial charge in [0.05, 0.1) is 23.8 Å². The van der Waals surface area contributed by atoms with E-state index in [-0.39, 0.29) is 0 Å². The minimum Gasteiger partial charge on any atom is -0.198 e. The molecule has 2 aromatic rings. The molecule has 132 valence electrons. The van der Waals surface area contributed by atoms with E-state index in [2.05, 4.69) is 44.0 Å². The van der Waals surface area contributed by atoms with Gasteiger partial charge in [0.2, 0.25) is 0 Å². The van der Waals surface area contributed by atoms with Gasteiger partial charge in [-0.2, -0.15) is 30.8 Å². The van der Waals surface area contributed by atoms with E-state index < -0.39 is 0 Å². The molecule has 0 aromatic carbocycles. The highest BCUT2D eigenvalue weighted by molar-refractivity contribution is 4.90. The largest absolute Gasteiger partial charge is 0.198 e. The highest BCUT2D eigenvalue weighted by atomic mass is 15.3. The van der Waals surface area contributed by atoms with E-state index in [0.29, 0.717) is 0 Å². The first-order valence-corrected chi connectivity index (χ1v) is 8.78. The Hall–Kier alpha value is -2.24. The second-order valence-electron chi connectivity index (χ2n) is 5.70. The Balaban J connectivity index is 0.000000240. The maximum absolute atomic E-state index is 3.98. The van der Waals surface area contributed by atoms with Crippen LogP contribution in [0.4, 0.5) is 0 Å². The Bertz CT molecular complexity index is 455. The highest BCUT2D eigenvalue weighted by Crippen LogP contribution is 2.05. The molecule has 2 heterocycles. The van der Waals surface area contributed by atoms with Crippen LogP contribution in [0.5, 0.6) is 0 Å². The Labute approximate surface area is 144 Å². The minimum absolute atomic E-state index is 1.04. The molecular weight excluding hydrogens is 300 g/mol. The van der Waals surface area contributed by atoms with Gasteiger partial charge in [-0.05, 0) is 51.4 Å². The second kappa shape index (κ2) is 14.4. The third-order valence-electron chi connectivity index (χ3n) is 3.61. The molecule has 0 aliphatic carbocycles. The third-order valence-corrected chi connectivity index (χ3v) is 3.61. The van der Waals surface area contributed by atoms with Crippen molar-refractivity contribution in [3.05, 3.63) is 49.1 Å². The topological polar surface area (TPSA) is 83.1 Å². The van der Waals surface area contributed by atoms with Gasteiger partial charge in [0.1, 0.15) is 0 Å². The Morgan fingerprint density at radius 2 is 1.17 bits per heavy atom. The number of rotatable bonds is 12.